The number of hydrogen-bond donors (Lipinski definition) is 3. The predicted molar refractivity (Wildman–Crippen MR) is 130 cm³/mol. The molecule has 2 amide bonds. The first kappa shape index (κ1) is 24.7. The quantitative estimate of drug-likeness (QED) is 0.506. The Hall–Kier alpha value is -3.39. The zero-order valence-corrected chi connectivity index (χ0v) is 20.0. The molecular weight excluding hydrogens is 448 g/mol. The van der Waals surface area contributed by atoms with Crippen LogP contribution in [0.3, 0.4) is 0 Å². The maximum atomic E-state index is 12.9. The lowest BCUT2D eigenvalue weighted by Crippen LogP contribution is -2.51. The minimum Gasteiger partial charge on any atom is -0.479 e. The second kappa shape index (κ2) is 10.9. The molecule has 8 nitrogen and oxygen atoms in total. The largest absolute Gasteiger partial charge is 0.479 e. The second-order valence-corrected chi connectivity index (χ2v) is 9.26. The van der Waals surface area contributed by atoms with Crippen molar-refractivity contribution in [2.75, 3.05) is 19.8 Å². The Morgan fingerprint density at radius 1 is 1.09 bits per heavy atom. The van der Waals surface area contributed by atoms with Gasteiger partial charge < -0.3 is 25.2 Å². The van der Waals surface area contributed by atoms with Gasteiger partial charge in [0.1, 0.15) is 12.6 Å². The summed E-state index contributed by atoms with van der Waals surface area (Å²) in [7, 11) is 0. The first-order valence-electron chi connectivity index (χ1n) is 12.1. The SMILES string of the molecule is CCC(C)[C@H](NC(=O)OCC1c2ccccc2-c2ccccc21)C(=O)NCC1CCOC1C(=O)O. The number of ether oxygens (including phenoxy) is 2. The van der Waals surface area contributed by atoms with E-state index in [1.165, 1.54) is 0 Å². The summed E-state index contributed by atoms with van der Waals surface area (Å²) in [6, 6.07) is 15.4. The molecule has 0 saturated carbocycles. The van der Waals surface area contributed by atoms with Crippen molar-refractivity contribution in [1.29, 1.82) is 0 Å². The number of fused-ring (bicyclic) bond motifs is 3. The molecule has 4 atom stereocenters. The molecule has 1 fully saturated rings. The lowest BCUT2D eigenvalue weighted by Gasteiger charge is -2.25. The molecule has 1 heterocycles. The summed E-state index contributed by atoms with van der Waals surface area (Å²) >= 11 is 0. The zero-order valence-electron chi connectivity index (χ0n) is 20.0. The number of amides is 2. The molecule has 2 aromatic rings. The summed E-state index contributed by atoms with van der Waals surface area (Å²) in [5.74, 6) is -1.89. The highest BCUT2D eigenvalue weighted by atomic mass is 16.5. The van der Waals surface area contributed by atoms with Crippen LogP contribution >= 0.6 is 0 Å². The van der Waals surface area contributed by atoms with Crippen molar-refractivity contribution in [3.63, 3.8) is 0 Å². The molecule has 8 heteroatoms. The molecule has 35 heavy (non-hydrogen) atoms. The van der Waals surface area contributed by atoms with Gasteiger partial charge in [0, 0.05) is 25.0 Å². The summed E-state index contributed by atoms with van der Waals surface area (Å²) in [5.41, 5.74) is 4.52. The first-order valence-corrected chi connectivity index (χ1v) is 12.1. The van der Waals surface area contributed by atoms with Crippen LogP contribution in [0.15, 0.2) is 48.5 Å². The van der Waals surface area contributed by atoms with Gasteiger partial charge in [-0.25, -0.2) is 9.59 Å². The lowest BCUT2D eigenvalue weighted by atomic mass is 9.97. The number of alkyl carbamates (subject to hydrolysis) is 1. The summed E-state index contributed by atoms with van der Waals surface area (Å²) in [6.45, 7) is 4.51. The molecule has 2 aliphatic rings. The van der Waals surface area contributed by atoms with Gasteiger partial charge in [-0.3, -0.25) is 4.79 Å². The van der Waals surface area contributed by atoms with Gasteiger partial charge in [-0.15, -0.1) is 0 Å². The van der Waals surface area contributed by atoms with Gasteiger partial charge in [-0.05, 0) is 34.6 Å². The molecule has 3 unspecified atom stereocenters. The third-order valence-corrected chi connectivity index (χ3v) is 7.11. The number of hydrogen-bond acceptors (Lipinski definition) is 5. The normalized spacial score (nSPS) is 20.4. The Kier molecular flexibility index (Phi) is 7.70. The Balaban J connectivity index is 1.37. The number of nitrogens with one attached hydrogen (secondary N) is 2. The van der Waals surface area contributed by atoms with Crippen molar-refractivity contribution < 1.29 is 29.0 Å². The van der Waals surface area contributed by atoms with Crippen LogP contribution in [0.4, 0.5) is 4.79 Å². The highest BCUT2D eigenvalue weighted by Gasteiger charge is 2.35. The average Bonchev–Trinajstić information content (AvgIpc) is 3.47. The number of benzene rings is 2. The summed E-state index contributed by atoms with van der Waals surface area (Å²) in [6.07, 6.45) is -0.343. The molecule has 4 rings (SSSR count). The van der Waals surface area contributed by atoms with Crippen LogP contribution < -0.4 is 10.6 Å². The minimum absolute atomic E-state index is 0.0701. The Labute approximate surface area is 205 Å². The standard InChI is InChI=1S/C27H32N2O6/c1-3-16(2)23(25(30)28-14-17-12-13-34-24(17)26(31)32)29-27(33)35-15-22-20-10-6-4-8-18(20)19-9-5-7-11-21(19)22/h4-11,16-17,22-24H,3,12-15H2,1-2H3,(H,28,30)(H,29,33)(H,31,32)/t16?,17?,23-,24?/m0/s1. The van der Waals surface area contributed by atoms with E-state index in [4.69, 9.17) is 9.47 Å². The molecule has 2 aromatic carbocycles. The van der Waals surface area contributed by atoms with Gasteiger partial charge in [0.15, 0.2) is 6.10 Å². The Morgan fingerprint density at radius 2 is 1.71 bits per heavy atom. The van der Waals surface area contributed by atoms with E-state index < -0.39 is 24.2 Å². The van der Waals surface area contributed by atoms with Crippen LogP contribution in [-0.4, -0.2) is 55.0 Å². The fourth-order valence-corrected chi connectivity index (χ4v) is 4.93. The van der Waals surface area contributed by atoms with Crippen molar-refractivity contribution in [1.82, 2.24) is 10.6 Å². The minimum atomic E-state index is -1.03. The van der Waals surface area contributed by atoms with Gasteiger partial charge in [0.25, 0.3) is 0 Å². The third-order valence-electron chi connectivity index (χ3n) is 7.11. The molecule has 0 spiro atoms. The molecule has 1 aliphatic heterocycles. The topological polar surface area (TPSA) is 114 Å². The summed E-state index contributed by atoms with van der Waals surface area (Å²) in [5, 5.41) is 14.8. The van der Waals surface area contributed by atoms with Gasteiger partial charge in [0.2, 0.25) is 5.91 Å². The smallest absolute Gasteiger partial charge is 0.407 e. The van der Waals surface area contributed by atoms with Crippen molar-refractivity contribution >= 4 is 18.0 Å². The maximum Gasteiger partial charge on any atom is 0.407 e. The van der Waals surface area contributed by atoms with Crippen LogP contribution in [0.2, 0.25) is 0 Å². The van der Waals surface area contributed by atoms with Crippen LogP contribution in [0.5, 0.6) is 0 Å². The average molecular weight is 481 g/mol. The fraction of sp³-hybridized carbons (Fsp3) is 0.444. The van der Waals surface area contributed by atoms with Crippen molar-refractivity contribution in [2.45, 2.75) is 44.8 Å². The maximum absolute atomic E-state index is 12.9. The van der Waals surface area contributed by atoms with E-state index in [-0.39, 0.29) is 36.8 Å². The predicted octanol–water partition coefficient (Wildman–Crippen LogP) is 3.55. The van der Waals surface area contributed by atoms with Crippen LogP contribution in [0.25, 0.3) is 11.1 Å². The van der Waals surface area contributed by atoms with E-state index >= 15 is 0 Å². The Morgan fingerprint density at radius 3 is 2.31 bits per heavy atom. The number of carboxylic acids is 1. The first-order chi connectivity index (χ1) is 16.9. The van der Waals surface area contributed by atoms with Gasteiger partial charge in [-0.1, -0.05) is 68.8 Å². The van der Waals surface area contributed by atoms with E-state index in [9.17, 15) is 19.5 Å². The van der Waals surface area contributed by atoms with E-state index in [0.29, 0.717) is 19.4 Å². The number of rotatable bonds is 9. The van der Waals surface area contributed by atoms with Gasteiger partial charge in [-0.2, -0.15) is 0 Å². The fourth-order valence-electron chi connectivity index (χ4n) is 4.93. The van der Waals surface area contributed by atoms with Crippen LogP contribution in [0, 0.1) is 11.8 Å². The molecule has 186 valence electrons. The molecule has 1 aliphatic carbocycles. The molecule has 0 bridgehead atoms. The van der Waals surface area contributed by atoms with Crippen molar-refractivity contribution in [3.05, 3.63) is 59.7 Å². The summed E-state index contributed by atoms with van der Waals surface area (Å²) in [4.78, 5) is 37.0. The van der Waals surface area contributed by atoms with E-state index in [0.717, 1.165) is 22.3 Å². The Bertz CT molecular complexity index is 1040. The van der Waals surface area contributed by atoms with Crippen molar-refractivity contribution in [3.8, 4) is 11.1 Å². The van der Waals surface area contributed by atoms with Crippen LogP contribution in [-0.2, 0) is 19.1 Å². The van der Waals surface area contributed by atoms with Gasteiger partial charge in [0.05, 0.1) is 0 Å². The number of carbonyl (C=O) groups is 3. The number of carboxylic acid groups (broad SMARTS) is 1. The highest BCUT2D eigenvalue weighted by Crippen LogP contribution is 2.44. The summed E-state index contributed by atoms with van der Waals surface area (Å²) < 4.78 is 10.9. The van der Waals surface area contributed by atoms with Gasteiger partial charge >= 0.3 is 12.1 Å². The van der Waals surface area contributed by atoms with Crippen molar-refractivity contribution in [2.24, 2.45) is 11.8 Å². The number of aliphatic carboxylic acids is 1. The second-order valence-electron chi connectivity index (χ2n) is 9.26. The van der Waals surface area contributed by atoms with E-state index in [2.05, 4.69) is 22.8 Å². The molecule has 0 aromatic heterocycles. The lowest BCUT2D eigenvalue weighted by molar-refractivity contribution is -0.149. The van der Waals surface area contributed by atoms with E-state index in [1.807, 2.05) is 50.2 Å². The van der Waals surface area contributed by atoms with E-state index in [1.54, 1.807) is 0 Å². The molecule has 1 saturated heterocycles. The van der Waals surface area contributed by atoms with Crippen LogP contribution in [0.1, 0.15) is 43.7 Å². The third kappa shape index (κ3) is 5.32. The zero-order chi connectivity index (χ0) is 24.9. The highest BCUT2D eigenvalue weighted by molar-refractivity contribution is 5.86. The molecule has 0 radical (unpaired) electrons. The molecule has 3 N–H and O–H groups in total. The molecular formula is C27H32N2O6. The monoisotopic (exact) mass is 480 g/mol. The number of carbonyl (C=O) groups excluding carboxylic acids is 2.